The van der Waals surface area contributed by atoms with Crippen LogP contribution in [0.3, 0.4) is 0 Å². The second kappa shape index (κ2) is 9.58. The molecular formula is C21H25N3O2S. The molecule has 5 nitrogen and oxygen atoms in total. The standard InChI is InChI=1S/C21H25N3O2S/c22-12-15-23(13-10-17-6-2-1-3-7-17)20(25)11-14-24-18-8-4-5-9-19(18)27-16-21(24)26/h1-9H,10-16,22H2. The van der Waals surface area contributed by atoms with E-state index in [4.69, 9.17) is 5.73 Å². The number of anilines is 1. The molecule has 3 rings (SSSR count). The molecule has 0 saturated heterocycles. The number of nitrogens with two attached hydrogens (primary N) is 1. The number of fused-ring (bicyclic) bond motifs is 1. The Morgan fingerprint density at radius 3 is 2.59 bits per heavy atom. The number of rotatable bonds is 8. The average molecular weight is 384 g/mol. The normalized spacial score (nSPS) is 13.4. The van der Waals surface area contributed by atoms with Gasteiger partial charge < -0.3 is 15.5 Å². The summed E-state index contributed by atoms with van der Waals surface area (Å²) in [4.78, 5) is 29.7. The molecule has 142 valence electrons. The third-order valence-electron chi connectivity index (χ3n) is 4.62. The maximum Gasteiger partial charge on any atom is 0.237 e. The first-order valence-corrected chi connectivity index (χ1v) is 10.2. The highest BCUT2D eigenvalue weighted by Gasteiger charge is 2.25. The minimum Gasteiger partial charge on any atom is -0.341 e. The monoisotopic (exact) mass is 383 g/mol. The van der Waals surface area contributed by atoms with Gasteiger partial charge in [-0.2, -0.15) is 0 Å². The highest BCUT2D eigenvalue weighted by molar-refractivity contribution is 8.00. The van der Waals surface area contributed by atoms with Gasteiger partial charge in [0.05, 0.1) is 11.4 Å². The third-order valence-corrected chi connectivity index (χ3v) is 5.67. The van der Waals surface area contributed by atoms with E-state index in [0.717, 1.165) is 17.0 Å². The lowest BCUT2D eigenvalue weighted by atomic mass is 10.1. The zero-order valence-electron chi connectivity index (χ0n) is 15.3. The van der Waals surface area contributed by atoms with Gasteiger partial charge in [0, 0.05) is 37.5 Å². The fourth-order valence-electron chi connectivity index (χ4n) is 3.19. The predicted molar refractivity (Wildman–Crippen MR) is 110 cm³/mol. The van der Waals surface area contributed by atoms with Crippen LogP contribution in [0.25, 0.3) is 0 Å². The van der Waals surface area contributed by atoms with Crippen molar-refractivity contribution in [1.82, 2.24) is 4.90 Å². The Kier molecular flexibility index (Phi) is 6.90. The van der Waals surface area contributed by atoms with Crippen molar-refractivity contribution in [1.29, 1.82) is 0 Å². The summed E-state index contributed by atoms with van der Waals surface area (Å²) >= 11 is 1.55. The van der Waals surface area contributed by atoms with Crippen molar-refractivity contribution >= 4 is 29.3 Å². The van der Waals surface area contributed by atoms with Crippen LogP contribution in [0, 0.1) is 0 Å². The second-order valence-electron chi connectivity index (χ2n) is 6.46. The molecule has 0 aliphatic carbocycles. The molecule has 2 aromatic carbocycles. The first-order chi connectivity index (χ1) is 13.2. The molecule has 27 heavy (non-hydrogen) atoms. The minimum absolute atomic E-state index is 0.0416. The molecule has 0 atom stereocenters. The highest BCUT2D eigenvalue weighted by Crippen LogP contribution is 2.34. The van der Waals surface area contributed by atoms with Gasteiger partial charge in [-0.3, -0.25) is 9.59 Å². The molecule has 1 aliphatic rings. The maximum atomic E-state index is 12.7. The van der Waals surface area contributed by atoms with Gasteiger partial charge in [-0.25, -0.2) is 0 Å². The molecule has 0 aromatic heterocycles. The van der Waals surface area contributed by atoms with E-state index in [1.165, 1.54) is 5.56 Å². The van der Waals surface area contributed by atoms with E-state index in [9.17, 15) is 9.59 Å². The number of hydrogen-bond acceptors (Lipinski definition) is 4. The average Bonchev–Trinajstić information content (AvgIpc) is 2.71. The largest absolute Gasteiger partial charge is 0.341 e. The lowest BCUT2D eigenvalue weighted by molar-refractivity contribution is -0.130. The molecule has 0 bridgehead atoms. The zero-order valence-corrected chi connectivity index (χ0v) is 16.2. The van der Waals surface area contributed by atoms with Crippen molar-refractivity contribution in [3.05, 3.63) is 60.2 Å². The van der Waals surface area contributed by atoms with Gasteiger partial charge in [-0.15, -0.1) is 11.8 Å². The Morgan fingerprint density at radius 1 is 1.07 bits per heavy atom. The fraction of sp³-hybridized carbons (Fsp3) is 0.333. The van der Waals surface area contributed by atoms with Crippen LogP contribution in [0.2, 0.25) is 0 Å². The van der Waals surface area contributed by atoms with Gasteiger partial charge in [0.1, 0.15) is 0 Å². The van der Waals surface area contributed by atoms with Gasteiger partial charge in [0.2, 0.25) is 11.8 Å². The molecular weight excluding hydrogens is 358 g/mol. The molecule has 6 heteroatoms. The van der Waals surface area contributed by atoms with Gasteiger partial charge in [-0.05, 0) is 24.1 Å². The van der Waals surface area contributed by atoms with Crippen LogP contribution < -0.4 is 10.6 Å². The summed E-state index contributed by atoms with van der Waals surface area (Å²) in [6, 6.07) is 18.0. The quantitative estimate of drug-likeness (QED) is 0.761. The van der Waals surface area contributed by atoms with E-state index in [-0.39, 0.29) is 11.8 Å². The molecule has 0 saturated carbocycles. The second-order valence-corrected chi connectivity index (χ2v) is 7.47. The topological polar surface area (TPSA) is 66.6 Å². The number of para-hydroxylation sites is 1. The summed E-state index contributed by atoms with van der Waals surface area (Å²) in [7, 11) is 0. The number of carbonyl (C=O) groups is 2. The zero-order chi connectivity index (χ0) is 19.1. The van der Waals surface area contributed by atoms with Crippen LogP contribution >= 0.6 is 11.8 Å². The van der Waals surface area contributed by atoms with E-state index in [2.05, 4.69) is 12.1 Å². The van der Waals surface area contributed by atoms with E-state index < -0.39 is 0 Å². The highest BCUT2D eigenvalue weighted by atomic mass is 32.2. The number of amides is 2. The maximum absolute atomic E-state index is 12.7. The Labute approximate surface area is 164 Å². The van der Waals surface area contributed by atoms with Crippen LogP contribution in [0.1, 0.15) is 12.0 Å². The van der Waals surface area contributed by atoms with E-state index in [0.29, 0.717) is 38.4 Å². The lowest BCUT2D eigenvalue weighted by Gasteiger charge is -2.30. The molecule has 0 spiro atoms. The van der Waals surface area contributed by atoms with Crippen LogP contribution in [0.5, 0.6) is 0 Å². The van der Waals surface area contributed by atoms with Crippen molar-refractivity contribution in [2.24, 2.45) is 5.73 Å². The number of hydrogen-bond donors (Lipinski definition) is 1. The van der Waals surface area contributed by atoms with Crippen molar-refractivity contribution in [2.75, 3.05) is 36.8 Å². The SMILES string of the molecule is NCCN(CCc1ccccc1)C(=O)CCN1C(=O)CSc2ccccc21. The molecule has 1 heterocycles. The summed E-state index contributed by atoms with van der Waals surface area (Å²) in [5.41, 5.74) is 7.80. The Balaban J connectivity index is 1.60. The molecule has 0 fully saturated rings. The number of thioether (sulfide) groups is 1. The molecule has 2 aromatic rings. The van der Waals surface area contributed by atoms with E-state index in [1.807, 2.05) is 47.4 Å². The van der Waals surface area contributed by atoms with Crippen LogP contribution in [0.4, 0.5) is 5.69 Å². The number of nitrogens with zero attached hydrogens (tertiary/aromatic N) is 2. The minimum atomic E-state index is 0.0416. The van der Waals surface area contributed by atoms with Crippen molar-refractivity contribution in [3.8, 4) is 0 Å². The van der Waals surface area contributed by atoms with Crippen LogP contribution in [-0.4, -0.2) is 48.6 Å². The molecule has 0 radical (unpaired) electrons. The molecule has 1 aliphatic heterocycles. The van der Waals surface area contributed by atoms with Crippen LogP contribution in [-0.2, 0) is 16.0 Å². The summed E-state index contributed by atoms with van der Waals surface area (Å²) in [6.07, 6.45) is 1.11. The van der Waals surface area contributed by atoms with Crippen LogP contribution in [0.15, 0.2) is 59.5 Å². The molecule has 2 N–H and O–H groups in total. The van der Waals surface area contributed by atoms with Gasteiger partial charge in [-0.1, -0.05) is 42.5 Å². The fourth-order valence-corrected chi connectivity index (χ4v) is 4.13. The van der Waals surface area contributed by atoms with Gasteiger partial charge in [0.15, 0.2) is 0 Å². The van der Waals surface area contributed by atoms with Crippen molar-refractivity contribution < 1.29 is 9.59 Å². The summed E-state index contributed by atoms with van der Waals surface area (Å²) in [5, 5.41) is 0. The Morgan fingerprint density at radius 2 is 1.81 bits per heavy atom. The Bertz CT molecular complexity index is 782. The summed E-state index contributed by atoms with van der Waals surface area (Å²) in [6.45, 7) is 2.01. The first kappa shape index (κ1) is 19.5. The lowest BCUT2D eigenvalue weighted by Crippen LogP contribution is -2.41. The smallest absolute Gasteiger partial charge is 0.237 e. The van der Waals surface area contributed by atoms with Gasteiger partial charge in [0.25, 0.3) is 0 Å². The summed E-state index contributed by atoms with van der Waals surface area (Å²) in [5.74, 6) is 0.521. The van der Waals surface area contributed by atoms with Gasteiger partial charge >= 0.3 is 0 Å². The van der Waals surface area contributed by atoms with E-state index >= 15 is 0 Å². The summed E-state index contributed by atoms with van der Waals surface area (Å²) < 4.78 is 0. The third kappa shape index (κ3) is 5.11. The number of benzene rings is 2. The van der Waals surface area contributed by atoms with Crippen molar-refractivity contribution in [3.63, 3.8) is 0 Å². The van der Waals surface area contributed by atoms with Crippen molar-refractivity contribution in [2.45, 2.75) is 17.7 Å². The Hall–Kier alpha value is -2.31. The first-order valence-electron chi connectivity index (χ1n) is 9.23. The predicted octanol–water partition coefficient (Wildman–Crippen LogP) is 2.55. The van der Waals surface area contributed by atoms with E-state index in [1.54, 1.807) is 16.7 Å². The molecule has 2 amide bonds. The number of carbonyl (C=O) groups excluding carboxylic acids is 2. The molecule has 0 unspecified atom stereocenters.